The molecule has 9 nitrogen and oxygen atoms in total. The number of benzene rings is 1. The number of aliphatic hydroxyl groups excluding tert-OH is 1. The predicted molar refractivity (Wildman–Crippen MR) is 129 cm³/mol. The number of fused-ring (bicyclic) bond motifs is 1. The number of Topliss-reactive ketones (excluding diaryl/α,β-unsaturated/α-hetero) is 1. The maximum absolute atomic E-state index is 13.3. The third-order valence-electron chi connectivity index (χ3n) is 5.68. The van der Waals surface area contributed by atoms with Crippen molar-refractivity contribution in [2.75, 3.05) is 19.8 Å². The molecule has 9 heteroatoms. The van der Waals surface area contributed by atoms with Crippen LogP contribution in [0.2, 0.25) is 0 Å². The lowest BCUT2D eigenvalue weighted by Crippen LogP contribution is -2.27. The molecule has 0 saturated carbocycles. The molecular formula is C25H35N5O4. The fourth-order valence-corrected chi connectivity index (χ4v) is 3.88. The van der Waals surface area contributed by atoms with Gasteiger partial charge in [-0.2, -0.15) is 4.52 Å². The average Bonchev–Trinajstić information content (AvgIpc) is 3.11. The Morgan fingerprint density at radius 3 is 2.35 bits per heavy atom. The van der Waals surface area contributed by atoms with Crippen LogP contribution in [0.1, 0.15) is 68.6 Å². The smallest absolute Gasteiger partial charge is 0.242 e. The molecule has 184 valence electrons. The van der Waals surface area contributed by atoms with E-state index in [1.165, 1.54) is 9.20 Å². The molecule has 0 saturated heterocycles. The number of aromatic nitrogens is 4. The highest BCUT2D eigenvalue weighted by molar-refractivity contribution is 5.96. The molecule has 3 aromatic rings. The largest absolute Gasteiger partial charge is 0.491 e. The molecule has 0 spiro atoms. The van der Waals surface area contributed by atoms with E-state index in [0.717, 1.165) is 23.1 Å². The van der Waals surface area contributed by atoms with Gasteiger partial charge in [-0.1, -0.05) is 34.6 Å². The third-order valence-corrected chi connectivity index (χ3v) is 5.68. The summed E-state index contributed by atoms with van der Waals surface area (Å²) in [6.45, 7) is 12.5. The number of hydrogen-bond acceptors (Lipinski definition) is 7. The van der Waals surface area contributed by atoms with Crippen molar-refractivity contribution >= 4 is 11.4 Å². The Kier molecular flexibility index (Phi) is 7.76. The van der Waals surface area contributed by atoms with Gasteiger partial charge >= 0.3 is 0 Å². The molecular weight excluding hydrogens is 434 g/mol. The van der Waals surface area contributed by atoms with Gasteiger partial charge in [-0.15, -0.1) is 10.2 Å². The molecule has 34 heavy (non-hydrogen) atoms. The van der Waals surface area contributed by atoms with Gasteiger partial charge < -0.3 is 14.6 Å². The summed E-state index contributed by atoms with van der Waals surface area (Å²) in [7, 11) is 0. The zero-order valence-corrected chi connectivity index (χ0v) is 20.9. The van der Waals surface area contributed by atoms with E-state index in [-0.39, 0.29) is 36.6 Å². The summed E-state index contributed by atoms with van der Waals surface area (Å²) < 4.78 is 14.2. The fourth-order valence-electron chi connectivity index (χ4n) is 3.88. The number of hydrogen-bond donors (Lipinski definition) is 2. The number of rotatable bonds is 10. The summed E-state index contributed by atoms with van der Waals surface area (Å²) in [4.78, 5) is 13.3. The number of ether oxygens (including phenoxy) is 2. The summed E-state index contributed by atoms with van der Waals surface area (Å²) in [6.07, 6.45) is 1.44. The molecule has 0 radical (unpaired) electrons. The normalized spacial score (nSPS) is 11.7. The number of carbonyl (C=O) groups is 1. The lowest BCUT2D eigenvalue weighted by atomic mass is 9.85. The minimum Gasteiger partial charge on any atom is -0.491 e. The Hall–Kier alpha value is -3.20. The molecule has 2 heterocycles. The SMILES string of the molecule is CCOc1nn2c(=N)n(CC(=O)c3cc(OCCO)cc(C(C)(C)C)c3)nc2c(CC)c1CC. The van der Waals surface area contributed by atoms with E-state index >= 15 is 0 Å². The van der Waals surface area contributed by atoms with Crippen LogP contribution in [-0.2, 0) is 24.8 Å². The quantitative estimate of drug-likeness (QED) is 0.441. The van der Waals surface area contributed by atoms with Gasteiger partial charge in [-0.3, -0.25) is 10.2 Å². The standard InChI is InChI=1S/C25H35N5O4/c1-7-19-20(8-2)23(33-9-3)28-30-22(19)27-29(24(30)26)15-21(32)16-12-17(25(4,5)6)14-18(13-16)34-11-10-31/h12-14,26,31H,7-11,15H2,1-6H3. The van der Waals surface area contributed by atoms with Gasteiger partial charge in [-0.25, -0.2) is 4.68 Å². The van der Waals surface area contributed by atoms with Crippen molar-refractivity contribution in [1.82, 2.24) is 19.4 Å². The molecule has 0 aliphatic carbocycles. The first-order valence-electron chi connectivity index (χ1n) is 11.8. The highest BCUT2D eigenvalue weighted by Gasteiger charge is 2.21. The molecule has 3 rings (SSSR count). The van der Waals surface area contributed by atoms with E-state index in [0.29, 0.717) is 35.9 Å². The predicted octanol–water partition coefficient (Wildman–Crippen LogP) is 3.09. The number of nitrogens with one attached hydrogen (secondary N) is 1. The highest BCUT2D eigenvalue weighted by atomic mass is 16.5. The van der Waals surface area contributed by atoms with Crippen molar-refractivity contribution in [2.45, 2.75) is 66.3 Å². The molecule has 2 aromatic heterocycles. The van der Waals surface area contributed by atoms with Crippen LogP contribution >= 0.6 is 0 Å². The zero-order chi connectivity index (χ0) is 25.0. The molecule has 0 aliphatic rings. The van der Waals surface area contributed by atoms with Crippen molar-refractivity contribution in [2.24, 2.45) is 0 Å². The first-order valence-corrected chi connectivity index (χ1v) is 11.8. The van der Waals surface area contributed by atoms with Crippen LogP contribution in [0.4, 0.5) is 0 Å². The maximum Gasteiger partial charge on any atom is 0.242 e. The summed E-state index contributed by atoms with van der Waals surface area (Å²) in [5, 5.41) is 26.8. The van der Waals surface area contributed by atoms with Crippen LogP contribution in [0.15, 0.2) is 18.2 Å². The average molecular weight is 470 g/mol. The van der Waals surface area contributed by atoms with E-state index < -0.39 is 0 Å². The molecule has 1 aromatic carbocycles. The van der Waals surface area contributed by atoms with Crippen LogP contribution in [0.5, 0.6) is 11.6 Å². The van der Waals surface area contributed by atoms with E-state index in [9.17, 15) is 4.79 Å². The minimum atomic E-state index is -0.198. The van der Waals surface area contributed by atoms with Gasteiger partial charge in [-0.05, 0) is 48.9 Å². The second kappa shape index (κ2) is 10.4. The lowest BCUT2D eigenvalue weighted by Gasteiger charge is -2.21. The van der Waals surface area contributed by atoms with Gasteiger partial charge in [0.15, 0.2) is 11.4 Å². The Balaban J connectivity index is 2.05. The summed E-state index contributed by atoms with van der Waals surface area (Å²) in [5.41, 5.74) is 3.73. The van der Waals surface area contributed by atoms with Gasteiger partial charge in [0, 0.05) is 16.7 Å². The first kappa shape index (κ1) is 25.4. The molecule has 0 amide bonds. The number of ketones is 1. The van der Waals surface area contributed by atoms with Crippen molar-refractivity contribution in [1.29, 1.82) is 5.41 Å². The monoisotopic (exact) mass is 469 g/mol. The molecule has 0 atom stereocenters. The topological polar surface area (TPSA) is 115 Å². The number of aryl methyl sites for hydroxylation is 1. The lowest BCUT2D eigenvalue weighted by molar-refractivity contribution is 0.0965. The summed E-state index contributed by atoms with van der Waals surface area (Å²) in [6, 6.07) is 5.41. The van der Waals surface area contributed by atoms with Crippen LogP contribution in [0, 0.1) is 5.41 Å². The Morgan fingerprint density at radius 2 is 1.76 bits per heavy atom. The Bertz CT molecular complexity index is 1240. The summed E-state index contributed by atoms with van der Waals surface area (Å²) >= 11 is 0. The maximum atomic E-state index is 13.3. The first-order chi connectivity index (χ1) is 16.1. The zero-order valence-electron chi connectivity index (χ0n) is 20.9. The van der Waals surface area contributed by atoms with Crippen molar-refractivity contribution < 1.29 is 19.4 Å². The van der Waals surface area contributed by atoms with Crippen molar-refractivity contribution in [3.8, 4) is 11.6 Å². The number of nitrogens with zero attached hydrogens (tertiary/aromatic N) is 4. The van der Waals surface area contributed by atoms with E-state index in [2.05, 4.69) is 31.0 Å². The molecule has 0 bridgehead atoms. The second-order valence-corrected chi connectivity index (χ2v) is 9.11. The Morgan fingerprint density at radius 1 is 1.06 bits per heavy atom. The van der Waals surface area contributed by atoms with Gasteiger partial charge in [0.2, 0.25) is 11.5 Å². The van der Waals surface area contributed by atoms with Gasteiger partial charge in [0.1, 0.15) is 18.9 Å². The molecule has 2 N–H and O–H groups in total. The van der Waals surface area contributed by atoms with E-state index in [1.54, 1.807) is 6.07 Å². The van der Waals surface area contributed by atoms with Crippen LogP contribution < -0.4 is 15.1 Å². The highest BCUT2D eigenvalue weighted by Crippen LogP contribution is 2.28. The number of aliphatic hydroxyl groups is 1. The van der Waals surface area contributed by atoms with Crippen LogP contribution in [0.25, 0.3) is 5.65 Å². The van der Waals surface area contributed by atoms with Crippen LogP contribution in [0.3, 0.4) is 0 Å². The van der Waals surface area contributed by atoms with Crippen LogP contribution in [-0.4, -0.2) is 50.1 Å². The third kappa shape index (κ3) is 5.14. The van der Waals surface area contributed by atoms with Gasteiger partial charge in [0.25, 0.3) is 0 Å². The molecule has 0 unspecified atom stereocenters. The molecule has 0 fully saturated rings. The fraction of sp³-hybridized carbons (Fsp3) is 0.520. The Labute approximate surface area is 199 Å². The summed E-state index contributed by atoms with van der Waals surface area (Å²) in [5.74, 6) is 0.836. The van der Waals surface area contributed by atoms with E-state index in [4.69, 9.17) is 20.0 Å². The van der Waals surface area contributed by atoms with Crippen molar-refractivity contribution in [3.05, 3.63) is 46.1 Å². The van der Waals surface area contributed by atoms with E-state index in [1.807, 2.05) is 32.9 Å². The van der Waals surface area contributed by atoms with Gasteiger partial charge in [0.05, 0.1) is 13.2 Å². The number of carbonyl (C=O) groups excluding carboxylic acids is 1. The second-order valence-electron chi connectivity index (χ2n) is 9.11. The van der Waals surface area contributed by atoms with Crippen molar-refractivity contribution in [3.63, 3.8) is 0 Å². The molecule has 0 aliphatic heterocycles. The minimum absolute atomic E-state index is 0.00499.